The van der Waals surface area contributed by atoms with Gasteiger partial charge in [-0.15, -0.1) is 0 Å². The summed E-state index contributed by atoms with van der Waals surface area (Å²) in [5.74, 6) is 0.00639. The summed E-state index contributed by atoms with van der Waals surface area (Å²) in [5.41, 5.74) is 0.778. The number of carbonyl (C=O) groups excluding carboxylic acids is 1. The van der Waals surface area contributed by atoms with Crippen LogP contribution >= 0.6 is 0 Å². The Morgan fingerprint density at radius 3 is 2.50 bits per heavy atom. The number of nitrogens with one attached hydrogen (secondary N) is 1. The number of allylic oxidation sites excluding steroid dienone is 1. The first-order chi connectivity index (χ1) is 5.70. The first-order valence-corrected chi connectivity index (χ1v) is 4.32. The predicted molar refractivity (Wildman–Crippen MR) is 48.6 cm³/mol. The molecule has 0 aromatic heterocycles. The molecule has 12 heavy (non-hydrogen) atoms. The smallest absolute Gasteiger partial charge is 0.266 e. The lowest BCUT2D eigenvalue weighted by molar-refractivity contribution is -0.118. The van der Waals surface area contributed by atoms with Crippen molar-refractivity contribution in [3.8, 4) is 0 Å². The molecule has 1 amide bonds. The van der Waals surface area contributed by atoms with Gasteiger partial charge < -0.3 is 10.2 Å². The van der Waals surface area contributed by atoms with Gasteiger partial charge in [-0.1, -0.05) is 6.08 Å². The van der Waals surface area contributed by atoms with Crippen LogP contribution < -0.4 is 5.32 Å². The van der Waals surface area contributed by atoms with Crippen molar-refractivity contribution in [2.75, 3.05) is 14.1 Å². The summed E-state index contributed by atoms with van der Waals surface area (Å²) in [4.78, 5) is 13.4. The van der Waals surface area contributed by atoms with Gasteiger partial charge in [0.25, 0.3) is 5.91 Å². The number of likely N-dealkylation sites (N-methyl/N-ethyl adjacent to an activating group) is 2. The molecule has 1 rings (SSSR count). The molecule has 0 spiro atoms. The molecule has 0 aliphatic heterocycles. The Balaban J connectivity index is 2.60. The van der Waals surface area contributed by atoms with Gasteiger partial charge in [-0.3, -0.25) is 4.79 Å². The number of carbonyl (C=O) groups is 1. The van der Waals surface area contributed by atoms with Gasteiger partial charge >= 0.3 is 0 Å². The second-order valence-electron chi connectivity index (χ2n) is 3.10. The fourth-order valence-corrected chi connectivity index (χ4v) is 1.28. The van der Waals surface area contributed by atoms with E-state index in [9.17, 15) is 4.79 Å². The predicted octanol–water partition coefficient (Wildman–Crippen LogP) is 0.730. The molecule has 0 radical (unpaired) electrons. The Kier molecular flexibility index (Phi) is 2.74. The third-order valence-corrected chi connectivity index (χ3v) is 2.21. The molecule has 0 heterocycles. The third kappa shape index (κ3) is 1.78. The SMILES string of the molecule is C/C=C(/C(=O)NC)N(C)C1CC1. The molecular weight excluding hydrogens is 152 g/mol. The molecule has 0 unspecified atom stereocenters. The molecule has 3 nitrogen and oxygen atoms in total. The molecule has 1 N–H and O–H groups in total. The van der Waals surface area contributed by atoms with Crippen molar-refractivity contribution in [2.24, 2.45) is 0 Å². The van der Waals surface area contributed by atoms with Crippen LogP contribution in [0.2, 0.25) is 0 Å². The Morgan fingerprint density at radius 2 is 2.17 bits per heavy atom. The van der Waals surface area contributed by atoms with Crippen LogP contribution in [0.1, 0.15) is 19.8 Å². The maximum absolute atomic E-state index is 11.3. The van der Waals surface area contributed by atoms with E-state index < -0.39 is 0 Å². The van der Waals surface area contributed by atoms with Gasteiger partial charge in [-0.25, -0.2) is 0 Å². The summed E-state index contributed by atoms with van der Waals surface area (Å²) >= 11 is 0. The second-order valence-corrected chi connectivity index (χ2v) is 3.10. The molecule has 1 aliphatic rings. The molecule has 1 saturated carbocycles. The van der Waals surface area contributed by atoms with Gasteiger partial charge in [0.05, 0.1) is 5.70 Å². The average Bonchev–Trinajstić information content (AvgIpc) is 2.87. The Morgan fingerprint density at radius 1 is 1.58 bits per heavy atom. The summed E-state index contributed by atoms with van der Waals surface area (Å²) in [7, 11) is 3.63. The van der Waals surface area contributed by atoms with E-state index in [4.69, 9.17) is 0 Å². The highest BCUT2D eigenvalue weighted by atomic mass is 16.2. The molecule has 0 aromatic carbocycles. The number of amides is 1. The summed E-state index contributed by atoms with van der Waals surface area (Å²) in [6, 6.07) is 0.591. The van der Waals surface area contributed by atoms with Gasteiger partial charge in [0, 0.05) is 20.1 Å². The highest BCUT2D eigenvalue weighted by Gasteiger charge is 2.29. The van der Waals surface area contributed by atoms with E-state index in [0.29, 0.717) is 6.04 Å². The Labute approximate surface area is 73.4 Å². The van der Waals surface area contributed by atoms with Gasteiger partial charge in [0.2, 0.25) is 0 Å². The van der Waals surface area contributed by atoms with Gasteiger partial charge in [-0.05, 0) is 19.8 Å². The van der Waals surface area contributed by atoms with Crippen LogP contribution in [-0.2, 0) is 4.79 Å². The van der Waals surface area contributed by atoms with Crippen LogP contribution in [0, 0.1) is 0 Å². The molecule has 68 valence electrons. The monoisotopic (exact) mass is 168 g/mol. The normalized spacial score (nSPS) is 17.4. The zero-order valence-electron chi connectivity index (χ0n) is 7.92. The lowest BCUT2D eigenvalue weighted by Crippen LogP contribution is -2.31. The lowest BCUT2D eigenvalue weighted by atomic mass is 10.3. The zero-order chi connectivity index (χ0) is 9.14. The zero-order valence-corrected chi connectivity index (χ0v) is 7.92. The standard InChI is InChI=1S/C9H16N2O/c1-4-8(9(12)10-2)11(3)7-5-6-7/h4,7H,5-6H2,1-3H3,(H,10,12)/b8-4-. The van der Waals surface area contributed by atoms with E-state index in [1.54, 1.807) is 7.05 Å². The molecule has 0 aromatic rings. The van der Waals surface area contributed by atoms with Crippen molar-refractivity contribution in [1.82, 2.24) is 10.2 Å². The molecule has 0 bridgehead atoms. The average molecular weight is 168 g/mol. The van der Waals surface area contributed by atoms with E-state index in [1.165, 1.54) is 12.8 Å². The van der Waals surface area contributed by atoms with E-state index in [1.807, 2.05) is 20.0 Å². The fraction of sp³-hybridized carbons (Fsp3) is 0.667. The van der Waals surface area contributed by atoms with Crippen molar-refractivity contribution in [2.45, 2.75) is 25.8 Å². The van der Waals surface area contributed by atoms with Gasteiger partial charge in [-0.2, -0.15) is 0 Å². The highest BCUT2D eigenvalue weighted by molar-refractivity contribution is 5.92. The van der Waals surface area contributed by atoms with Crippen LogP contribution in [0.4, 0.5) is 0 Å². The van der Waals surface area contributed by atoms with Crippen LogP contribution in [-0.4, -0.2) is 30.9 Å². The fourth-order valence-electron chi connectivity index (χ4n) is 1.28. The highest BCUT2D eigenvalue weighted by Crippen LogP contribution is 2.28. The van der Waals surface area contributed by atoms with Crippen LogP contribution in [0.15, 0.2) is 11.8 Å². The minimum absolute atomic E-state index is 0.00639. The quantitative estimate of drug-likeness (QED) is 0.630. The maximum Gasteiger partial charge on any atom is 0.266 e. The lowest BCUT2D eigenvalue weighted by Gasteiger charge is -2.20. The van der Waals surface area contributed by atoms with Crippen LogP contribution in [0.3, 0.4) is 0 Å². The largest absolute Gasteiger partial charge is 0.367 e. The van der Waals surface area contributed by atoms with Crippen molar-refractivity contribution < 1.29 is 4.79 Å². The molecule has 1 aliphatic carbocycles. The summed E-state index contributed by atoms with van der Waals surface area (Å²) in [6.45, 7) is 1.89. The van der Waals surface area contributed by atoms with Crippen molar-refractivity contribution in [1.29, 1.82) is 0 Å². The van der Waals surface area contributed by atoms with Crippen molar-refractivity contribution >= 4 is 5.91 Å². The maximum atomic E-state index is 11.3. The first kappa shape index (κ1) is 9.10. The summed E-state index contributed by atoms with van der Waals surface area (Å²) < 4.78 is 0. The van der Waals surface area contributed by atoms with Crippen molar-refractivity contribution in [3.05, 3.63) is 11.8 Å². The van der Waals surface area contributed by atoms with E-state index in [-0.39, 0.29) is 5.91 Å². The Hall–Kier alpha value is -0.990. The minimum atomic E-state index is 0.00639. The van der Waals surface area contributed by atoms with Crippen LogP contribution in [0.25, 0.3) is 0 Å². The number of hydrogen-bond donors (Lipinski definition) is 1. The molecule has 1 fully saturated rings. The second kappa shape index (κ2) is 3.61. The minimum Gasteiger partial charge on any atom is -0.367 e. The molecular formula is C9H16N2O. The van der Waals surface area contributed by atoms with Gasteiger partial charge in [0.15, 0.2) is 0 Å². The Bertz CT molecular complexity index is 207. The van der Waals surface area contributed by atoms with Crippen LogP contribution in [0.5, 0.6) is 0 Å². The number of hydrogen-bond acceptors (Lipinski definition) is 2. The van der Waals surface area contributed by atoms with Crippen molar-refractivity contribution in [3.63, 3.8) is 0 Å². The number of nitrogens with zero attached hydrogens (tertiary/aromatic N) is 1. The van der Waals surface area contributed by atoms with Gasteiger partial charge in [0.1, 0.15) is 0 Å². The third-order valence-electron chi connectivity index (χ3n) is 2.21. The first-order valence-electron chi connectivity index (χ1n) is 4.32. The topological polar surface area (TPSA) is 32.3 Å². The summed E-state index contributed by atoms with van der Waals surface area (Å²) in [5, 5.41) is 2.63. The van der Waals surface area contributed by atoms with E-state index >= 15 is 0 Å². The number of rotatable bonds is 3. The van der Waals surface area contributed by atoms with E-state index in [0.717, 1.165) is 5.70 Å². The molecule has 3 heteroatoms. The molecule has 0 atom stereocenters. The van der Waals surface area contributed by atoms with E-state index in [2.05, 4.69) is 10.2 Å². The molecule has 0 saturated heterocycles. The summed E-state index contributed by atoms with van der Waals surface area (Å²) in [6.07, 6.45) is 4.28.